The maximum atomic E-state index is 8.56. The standard InChI is InChI=1S/C14H18O/c1-12-8-7-10-14(13(12)2)9-5-3-4-6-11-15/h7-8,10,15H,5-6,9,11H2,1-2H3. The van der Waals surface area contributed by atoms with Crippen LogP contribution in [0.2, 0.25) is 0 Å². The van der Waals surface area contributed by atoms with E-state index in [1.165, 1.54) is 16.7 Å². The smallest absolute Gasteiger partial charge is 0.0540 e. The lowest BCUT2D eigenvalue weighted by atomic mass is 10.00. The highest BCUT2D eigenvalue weighted by atomic mass is 16.2. The zero-order valence-corrected chi connectivity index (χ0v) is 9.51. The molecule has 0 heterocycles. The molecule has 0 amide bonds. The van der Waals surface area contributed by atoms with E-state index in [9.17, 15) is 0 Å². The van der Waals surface area contributed by atoms with Crippen molar-refractivity contribution >= 4 is 0 Å². The molecule has 0 aromatic heterocycles. The molecule has 1 heteroatoms. The van der Waals surface area contributed by atoms with E-state index in [0.717, 1.165) is 12.8 Å². The van der Waals surface area contributed by atoms with Gasteiger partial charge in [-0.25, -0.2) is 0 Å². The van der Waals surface area contributed by atoms with Crippen LogP contribution >= 0.6 is 0 Å². The van der Waals surface area contributed by atoms with Gasteiger partial charge in [-0.05, 0) is 37.0 Å². The number of benzene rings is 1. The summed E-state index contributed by atoms with van der Waals surface area (Å²) in [5.74, 6) is 6.01. The second-order valence-corrected chi connectivity index (χ2v) is 3.69. The molecule has 0 aliphatic carbocycles. The average Bonchev–Trinajstić information content (AvgIpc) is 2.24. The summed E-state index contributed by atoms with van der Waals surface area (Å²) in [5, 5.41) is 8.56. The van der Waals surface area contributed by atoms with Crippen molar-refractivity contribution < 1.29 is 5.11 Å². The molecule has 15 heavy (non-hydrogen) atoms. The minimum absolute atomic E-state index is 0.163. The molecule has 0 aliphatic heterocycles. The third-order valence-electron chi connectivity index (χ3n) is 2.60. The van der Waals surface area contributed by atoms with Crippen LogP contribution in [0.1, 0.15) is 29.5 Å². The first-order valence-corrected chi connectivity index (χ1v) is 5.37. The monoisotopic (exact) mass is 202 g/mol. The minimum Gasteiger partial charge on any atom is -0.395 e. The van der Waals surface area contributed by atoms with Gasteiger partial charge in [0, 0.05) is 12.8 Å². The van der Waals surface area contributed by atoms with Gasteiger partial charge in [-0.1, -0.05) is 18.2 Å². The molecule has 1 nitrogen and oxygen atoms in total. The highest BCUT2D eigenvalue weighted by Crippen LogP contribution is 2.13. The van der Waals surface area contributed by atoms with Crippen LogP contribution in [0.15, 0.2) is 18.2 Å². The number of rotatable bonds is 3. The van der Waals surface area contributed by atoms with E-state index < -0.39 is 0 Å². The summed E-state index contributed by atoms with van der Waals surface area (Å²) in [6.07, 6.45) is 2.48. The Bertz CT molecular complexity index is 369. The molecular formula is C14H18O. The van der Waals surface area contributed by atoms with E-state index in [-0.39, 0.29) is 6.61 Å². The zero-order chi connectivity index (χ0) is 11.1. The Morgan fingerprint density at radius 1 is 1.13 bits per heavy atom. The van der Waals surface area contributed by atoms with Crippen LogP contribution in [0.25, 0.3) is 0 Å². The molecule has 0 saturated carbocycles. The number of aliphatic hydroxyl groups excluding tert-OH is 1. The first-order chi connectivity index (χ1) is 7.25. The lowest BCUT2D eigenvalue weighted by Crippen LogP contribution is -1.91. The maximum absolute atomic E-state index is 8.56. The molecular weight excluding hydrogens is 184 g/mol. The Morgan fingerprint density at radius 2 is 1.87 bits per heavy atom. The summed E-state index contributed by atoms with van der Waals surface area (Å²) in [5.41, 5.74) is 4.10. The van der Waals surface area contributed by atoms with Gasteiger partial charge in [-0.15, -0.1) is 11.8 Å². The van der Waals surface area contributed by atoms with Crippen LogP contribution in [-0.4, -0.2) is 11.7 Å². The second-order valence-electron chi connectivity index (χ2n) is 3.69. The second kappa shape index (κ2) is 6.27. The van der Waals surface area contributed by atoms with E-state index in [0.29, 0.717) is 6.42 Å². The largest absolute Gasteiger partial charge is 0.395 e. The highest BCUT2D eigenvalue weighted by molar-refractivity contribution is 5.33. The van der Waals surface area contributed by atoms with Crippen molar-refractivity contribution in [2.45, 2.75) is 33.1 Å². The fourth-order valence-electron chi connectivity index (χ4n) is 1.51. The molecule has 1 aromatic rings. The molecule has 1 N–H and O–H groups in total. The number of aliphatic hydroxyl groups is 1. The van der Waals surface area contributed by atoms with Gasteiger partial charge < -0.3 is 5.11 Å². The molecule has 0 aliphatic rings. The van der Waals surface area contributed by atoms with E-state index >= 15 is 0 Å². The highest BCUT2D eigenvalue weighted by Gasteiger charge is 1.98. The van der Waals surface area contributed by atoms with Gasteiger partial charge in [0.2, 0.25) is 0 Å². The summed E-state index contributed by atoms with van der Waals surface area (Å²) in [4.78, 5) is 0. The van der Waals surface area contributed by atoms with E-state index in [1.54, 1.807) is 0 Å². The van der Waals surface area contributed by atoms with Gasteiger partial charge in [-0.2, -0.15) is 0 Å². The summed E-state index contributed by atoms with van der Waals surface area (Å²) in [7, 11) is 0. The van der Waals surface area contributed by atoms with E-state index in [2.05, 4.69) is 43.9 Å². The molecule has 1 rings (SSSR count). The average molecular weight is 202 g/mol. The van der Waals surface area contributed by atoms with Crippen LogP contribution in [-0.2, 0) is 6.42 Å². The van der Waals surface area contributed by atoms with Crippen molar-refractivity contribution in [2.75, 3.05) is 6.61 Å². The molecule has 0 radical (unpaired) electrons. The van der Waals surface area contributed by atoms with E-state index in [4.69, 9.17) is 5.11 Å². The Morgan fingerprint density at radius 3 is 2.60 bits per heavy atom. The molecule has 0 bridgehead atoms. The molecule has 0 unspecified atom stereocenters. The predicted octanol–water partition coefficient (Wildman–Crippen LogP) is 2.62. The lowest BCUT2D eigenvalue weighted by molar-refractivity contribution is 0.305. The van der Waals surface area contributed by atoms with Crippen molar-refractivity contribution in [3.8, 4) is 11.8 Å². The van der Waals surface area contributed by atoms with Crippen LogP contribution in [0.5, 0.6) is 0 Å². The summed E-state index contributed by atoms with van der Waals surface area (Å²) in [6, 6.07) is 6.39. The zero-order valence-electron chi connectivity index (χ0n) is 9.51. The Labute approximate surface area is 92.1 Å². The third-order valence-corrected chi connectivity index (χ3v) is 2.60. The van der Waals surface area contributed by atoms with Gasteiger partial charge in [-0.3, -0.25) is 0 Å². The predicted molar refractivity (Wildman–Crippen MR) is 63.7 cm³/mol. The lowest BCUT2D eigenvalue weighted by Gasteiger charge is -2.05. The van der Waals surface area contributed by atoms with Gasteiger partial charge in [0.25, 0.3) is 0 Å². The number of hydrogen-bond acceptors (Lipinski definition) is 1. The van der Waals surface area contributed by atoms with Gasteiger partial charge in [0.05, 0.1) is 6.61 Å². The topological polar surface area (TPSA) is 20.2 Å². The fourth-order valence-corrected chi connectivity index (χ4v) is 1.51. The first-order valence-electron chi connectivity index (χ1n) is 5.37. The van der Waals surface area contributed by atoms with Crippen LogP contribution in [0.3, 0.4) is 0 Å². The van der Waals surface area contributed by atoms with Crippen LogP contribution in [0.4, 0.5) is 0 Å². The Kier molecular flexibility index (Phi) is 4.93. The molecule has 0 fully saturated rings. The molecule has 0 saturated heterocycles. The summed E-state index contributed by atoms with van der Waals surface area (Å²) < 4.78 is 0. The molecule has 1 aromatic carbocycles. The van der Waals surface area contributed by atoms with E-state index in [1.807, 2.05) is 0 Å². The van der Waals surface area contributed by atoms with Crippen molar-refractivity contribution in [3.05, 3.63) is 34.9 Å². The summed E-state index contributed by atoms with van der Waals surface area (Å²) >= 11 is 0. The SMILES string of the molecule is Cc1cccc(CCC#CCCO)c1C. The van der Waals surface area contributed by atoms with Gasteiger partial charge in [0.1, 0.15) is 0 Å². The fraction of sp³-hybridized carbons (Fsp3) is 0.429. The van der Waals surface area contributed by atoms with Crippen molar-refractivity contribution in [2.24, 2.45) is 0 Å². The Hall–Kier alpha value is -1.26. The Balaban J connectivity index is 2.52. The normalized spacial score (nSPS) is 9.53. The van der Waals surface area contributed by atoms with Crippen LogP contribution in [0, 0.1) is 25.7 Å². The number of hydrogen-bond donors (Lipinski definition) is 1. The van der Waals surface area contributed by atoms with Crippen LogP contribution < -0.4 is 0 Å². The molecule has 0 atom stereocenters. The molecule has 80 valence electrons. The van der Waals surface area contributed by atoms with Crippen molar-refractivity contribution in [1.82, 2.24) is 0 Å². The maximum Gasteiger partial charge on any atom is 0.0540 e. The number of aryl methyl sites for hydroxylation is 2. The minimum atomic E-state index is 0.163. The van der Waals surface area contributed by atoms with Gasteiger partial charge in [0.15, 0.2) is 0 Å². The van der Waals surface area contributed by atoms with Crippen molar-refractivity contribution in [3.63, 3.8) is 0 Å². The van der Waals surface area contributed by atoms with Gasteiger partial charge >= 0.3 is 0 Å². The first kappa shape index (κ1) is 11.8. The quantitative estimate of drug-likeness (QED) is 0.747. The molecule has 0 spiro atoms. The third kappa shape index (κ3) is 3.77. The summed E-state index contributed by atoms with van der Waals surface area (Å²) in [6.45, 7) is 4.46. The van der Waals surface area contributed by atoms with Crippen molar-refractivity contribution in [1.29, 1.82) is 0 Å².